The van der Waals surface area contributed by atoms with Gasteiger partial charge in [-0.2, -0.15) is 0 Å². The summed E-state index contributed by atoms with van der Waals surface area (Å²) in [5, 5.41) is 0. The average molecular weight is 210 g/mol. The molecule has 0 aromatic heterocycles. The van der Waals surface area contributed by atoms with E-state index in [1.165, 1.54) is 38.5 Å². The molecule has 0 amide bonds. The Balaban J connectivity index is 1.95. The second-order valence-corrected chi connectivity index (χ2v) is 5.83. The molecule has 0 radical (unpaired) electrons. The highest BCUT2D eigenvalue weighted by atomic mass is 14.6. The topological polar surface area (TPSA) is 0 Å². The van der Waals surface area contributed by atoms with Crippen molar-refractivity contribution in [3.8, 4) is 0 Å². The van der Waals surface area contributed by atoms with Gasteiger partial charge >= 0.3 is 0 Å². The monoisotopic (exact) mass is 210 g/mol. The zero-order chi connectivity index (χ0) is 10.6. The Morgan fingerprint density at radius 1 is 0.875 bits per heavy atom. The summed E-state index contributed by atoms with van der Waals surface area (Å²) in [6, 6.07) is 9.16. The fourth-order valence-corrected chi connectivity index (χ4v) is 4.46. The van der Waals surface area contributed by atoms with Gasteiger partial charge in [-0.15, -0.1) is 0 Å². The molecule has 4 rings (SSSR count). The normalized spacial score (nSPS) is 39.2. The first-order valence-corrected chi connectivity index (χ1v) is 6.65. The first kappa shape index (κ1) is 9.04. The van der Waals surface area contributed by atoms with E-state index in [4.69, 9.17) is 0 Å². The van der Waals surface area contributed by atoms with Crippen LogP contribution in [0.4, 0.5) is 0 Å². The van der Waals surface area contributed by atoms with Crippen LogP contribution in [0, 0.1) is 5.41 Å². The lowest BCUT2D eigenvalue weighted by Crippen LogP contribution is -2.54. The Kier molecular flexibility index (Phi) is 1.58. The minimum atomic E-state index is 0.445. The van der Waals surface area contributed by atoms with Crippen molar-refractivity contribution < 1.29 is 0 Å². The summed E-state index contributed by atoms with van der Waals surface area (Å²) in [6.45, 7) is 0. The molecule has 1 aromatic carbocycles. The van der Waals surface area contributed by atoms with Crippen LogP contribution in [0.15, 0.2) is 36.4 Å². The van der Waals surface area contributed by atoms with Crippen LogP contribution in [0.5, 0.6) is 0 Å². The number of benzene rings is 1. The molecule has 0 aliphatic heterocycles. The molecule has 0 nitrogen and oxygen atoms in total. The second-order valence-electron chi connectivity index (χ2n) is 5.83. The Labute approximate surface area is 97.4 Å². The lowest BCUT2D eigenvalue weighted by atomic mass is 9.43. The van der Waals surface area contributed by atoms with Crippen LogP contribution >= 0.6 is 0 Å². The smallest absolute Gasteiger partial charge is 0.0226 e. The number of fused-ring (bicyclic) bond motifs is 1. The van der Waals surface area contributed by atoms with Crippen LogP contribution in [0.2, 0.25) is 0 Å². The van der Waals surface area contributed by atoms with Gasteiger partial charge in [0.15, 0.2) is 0 Å². The number of hydrogen-bond acceptors (Lipinski definition) is 0. The first-order valence-electron chi connectivity index (χ1n) is 6.65. The Bertz CT molecular complexity index is 471. The Hall–Kier alpha value is -1.04. The molecule has 16 heavy (non-hydrogen) atoms. The highest BCUT2D eigenvalue weighted by molar-refractivity contribution is 5.51. The van der Waals surface area contributed by atoms with Crippen LogP contribution in [-0.2, 0) is 11.8 Å². The maximum Gasteiger partial charge on any atom is 0.0226 e. The zero-order valence-electron chi connectivity index (χ0n) is 9.71. The largest absolute Gasteiger partial charge is 0.0802 e. The fraction of sp³-hybridized carbons (Fsp3) is 0.500. The molecule has 0 heterocycles. The van der Waals surface area contributed by atoms with Gasteiger partial charge in [-0.1, -0.05) is 49.3 Å². The molecule has 0 heteroatoms. The number of rotatable bonds is 0. The van der Waals surface area contributed by atoms with E-state index >= 15 is 0 Å². The van der Waals surface area contributed by atoms with Crippen molar-refractivity contribution in [2.75, 3.05) is 0 Å². The number of hydrogen-bond donors (Lipinski definition) is 0. The van der Waals surface area contributed by atoms with Gasteiger partial charge in [0.05, 0.1) is 0 Å². The summed E-state index contributed by atoms with van der Waals surface area (Å²) in [5.74, 6) is 0. The van der Waals surface area contributed by atoms with Gasteiger partial charge in [0.25, 0.3) is 0 Å². The summed E-state index contributed by atoms with van der Waals surface area (Å²) < 4.78 is 0. The van der Waals surface area contributed by atoms with Crippen molar-refractivity contribution >= 4 is 0 Å². The molecule has 0 N–H and O–H groups in total. The van der Waals surface area contributed by atoms with Crippen molar-refractivity contribution in [1.29, 1.82) is 0 Å². The summed E-state index contributed by atoms with van der Waals surface area (Å²) >= 11 is 0. The molecule has 1 fully saturated rings. The molecule has 3 aliphatic carbocycles. The van der Waals surface area contributed by atoms with Gasteiger partial charge in [-0.25, -0.2) is 0 Å². The standard InChI is InChI=1S/C16H18/c1-2-6-14-13(5-1)7-10-15-8-3-4-9-16(14,15)12-11-15/h1-2,5-6,11-12H,3-4,7-10H2/t15-,16+/m0/s1. The van der Waals surface area contributed by atoms with Gasteiger partial charge in [0.1, 0.15) is 0 Å². The van der Waals surface area contributed by atoms with Crippen molar-refractivity contribution in [1.82, 2.24) is 0 Å². The van der Waals surface area contributed by atoms with E-state index < -0.39 is 0 Å². The zero-order valence-corrected chi connectivity index (χ0v) is 9.71. The molecule has 0 unspecified atom stereocenters. The van der Waals surface area contributed by atoms with E-state index in [-0.39, 0.29) is 0 Å². The molecule has 1 aromatic rings. The lowest BCUT2D eigenvalue weighted by molar-refractivity contribution is 0.0906. The molecule has 3 aliphatic rings. The van der Waals surface area contributed by atoms with E-state index in [0.29, 0.717) is 10.8 Å². The summed E-state index contributed by atoms with van der Waals surface area (Å²) in [6.07, 6.45) is 13.4. The average Bonchev–Trinajstić information content (AvgIpc) is 2.31. The van der Waals surface area contributed by atoms with Crippen LogP contribution in [0.1, 0.15) is 43.2 Å². The SMILES string of the molecule is C1=C[C@@]23CCCC[C@]12CCc1ccccc13. The van der Waals surface area contributed by atoms with Gasteiger partial charge < -0.3 is 0 Å². The van der Waals surface area contributed by atoms with E-state index in [0.717, 1.165) is 0 Å². The minimum absolute atomic E-state index is 0.445. The third-order valence-corrected chi connectivity index (χ3v) is 5.36. The molecule has 0 saturated heterocycles. The Morgan fingerprint density at radius 3 is 2.62 bits per heavy atom. The van der Waals surface area contributed by atoms with Crippen molar-refractivity contribution in [2.24, 2.45) is 5.41 Å². The van der Waals surface area contributed by atoms with Crippen LogP contribution < -0.4 is 0 Å². The summed E-state index contributed by atoms with van der Waals surface area (Å²) in [7, 11) is 0. The molecule has 0 spiro atoms. The third kappa shape index (κ3) is 0.841. The Morgan fingerprint density at radius 2 is 1.75 bits per heavy atom. The summed E-state index contributed by atoms with van der Waals surface area (Å²) in [5.41, 5.74) is 4.27. The number of aryl methyl sites for hydroxylation is 1. The highest BCUT2D eigenvalue weighted by Gasteiger charge is 2.57. The second kappa shape index (κ2) is 2.80. The van der Waals surface area contributed by atoms with E-state index in [2.05, 4.69) is 36.4 Å². The maximum absolute atomic E-state index is 2.53. The quantitative estimate of drug-likeness (QED) is 0.568. The first-order chi connectivity index (χ1) is 7.86. The van der Waals surface area contributed by atoms with Gasteiger partial charge in [-0.3, -0.25) is 0 Å². The van der Waals surface area contributed by atoms with E-state index in [9.17, 15) is 0 Å². The maximum atomic E-state index is 2.53. The lowest BCUT2D eigenvalue weighted by Gasteiger charge is -2.60. The molecular formula is C16H18. The van der Waals surface area contributed by atoms with Crippen molar-refractivity contribution in [3.63, 3.8) is 0 Å². The molecule has 2 atom stereocenters. The van der Waals surface area contributed by atoms with Crippen molar-refractivity contribution in [2.45, 2.75) is 43.9 Å². The van der Waals surface area contributed by atoms with Crippen LogP contribution in [0.25, 0.3) is 0 Å². The van der Waals surface area contributed by atoms with E-state index in [1.54, 1.807) is 11.1 Å². The highest BCUT2D eigenvalue weighted by Crippen LogP contribution is 2.64. The molecule has 1 saturated carbocycles. The van der Waals surface area contributed by atoms with Gasteiger partial charge in [0, 0.05) is 10.8 Å². The van der Waals surface area contributed by atoms with Crippen LogP contribution in [0.3, 0.4) is 0 Å². The molecule has 0 bridgehead atoms. The van der Waals surface area contributed by atoms with Gasteiger partial charge in [-0.05, 0) is 36.8 Å². The third-order valence-electron chi connectivity index (χ3n) is 5.36. The van der Waals surface area contributed by atoms with E-state index in [1.807, 2.05) is 0 Å². The predicted octanol–water partition coefficient (Wildman–Crippen LogP) is 4.00. The van der Waals surface area contributed by atoms with Crippen molar-refractivity contribution in [3.05, 3.63) is 47.5 Å². The predicted molar refractivity (Wildman–Crippen MR) is 66.5 cm³/mol. The molecule has 82 valence electrons. The van der Waals surface area contributed by atoms with Gasteiger partial charge in [0.2, 0.25) is 0 Å². The van der Waals surface area contributed by atoms with Crippen LogP contribution in [-0.4, -0.2) is 0 Å². The number of allylic oxidation sites excluding steroid dienone is 2. The molecular weight excluding hydrogens is 192 g/mol. The summed E-state index contributed by atoms with van der Waals surface area (Å²) in [4.78, 5) is 0. The fourth-order valence-electron chi connectivity index (χ4n) is 4.46. The minimum Gasteiger partial charge on any atom is -0.0802 e.